The molecule has 0 aliphatic heterocycles. The molecule has 1 aromatic rings. The normalized spacial score (nSPS) is 10.6. The highest BCUT2D eigenvalue weighted by Crippen LogP contribution is 2.11. The van der Waals surface area contributed by atoms with E-state index in [-0.39, 0.29) is 12.2 Å². The number of rotatable bonds is 3. The predicted octanol–water partition coefficient (Wildman–Crippen LogP) is 2.87. The summed E-state index contributed by atoms with van der Waals surface area (Å²) in [6.45, 7) is 3.79. The molecule has 80 valence electrons. The molecule has 0 N–H and O–H groups in total. The van der Waals surface area contributed by atoms with Crippen molar-refractivity contribution in [2.75, 3.05) is 6.61 Å². The van der Waals surface area contributed by atoms with Crippen molar-refractivity contribution >= 4 is 5.97 Å². The van der Waals surface area contributed by atoms with E-state index in [2.05, 4.69) is 0 Å². The van der Waals surface area contributed by atoms with Gasteiger partial charge in [-0.25, -0.2) is 9.18 Å². The van der Waals surface area contributed by atoms with Gasteiger partial charge in [-0.15, -0.1) is 0 Å². The van der Waals surface area contributed by atoms with Crippen LogP contribution in [0.1, 0.15) is 22.8 Å². The van der Waals surface area contributed by atoms with Crippen LogP contribution in [0.3, 0.4) is 0 Å². The molecule has 0 amide bonds. The van der Waals surface area contributed by atoms with Crippen molar-refractivity contribution in [2.24, 2.45) is 0 Å². The van der Waals surface area contributed by atoms with E-state index in [1.165, 1.54) is 12.1 Å². The molecule has 0 spiro atoms. The first-order valence-corrected chi connectivity index (χ1v) is 4.69. The second-order valence-electron chi connectivity index (χ2n) is 3.13. The van der Waals surface area contributed by atoms with Crippen LogP contribution in [0.4, 0.5) is 4.39 Å². The maximum absolute atomic E-state index is 12.9. The minimum Gasteiger partial charge on any atom is -0.458 e. The maximum Gasteiger partial charge on any atom is 0.338 e. The van der Waals surface area contributed by atoms with Crippen molar-refractivity contribution in [3.63, 3.8) is 0 Å². The lowest BCUT2D eigenvalue weighted by Crippen LogP contribution is -2.07. The van der Waals surface area contributed by atoms with Crippen molar-refractivity contribution in [2.45, 2.75) is 13.8 Å². The Morgan fingerprint density at radius 1 is 1.53 bits per heavy atom. The van der Waals surface area contributed by atoms with Crippen LogP contribution in [0, 0.1) is 12.7 Å². The number of esters is 1. The number of carbonyl (C=O) groups is 1. The van der Waals surface area contributed by atoms with Crippen molar-refractivity contribution in [3.05, 3.63) is 47.3 Å². The SMILES string of the molecule is C/C=C/COC(=O)c1cc(F)ccc1C. The number of ether oxygens (including phenoxy) is 1. The molecule has 0 aliphatic rings. The van der Waals surface area contributed by atoms with Gasteiger partial charge in [0.15, 0.2) is 0 Å². The molecule has 0 saturated carbocycles. The second kappa shape index (κ2) is 5.29. The number of halogens is 1. The van der Waals surface area contributed by atoms with Crippen molar-refractivity contribution < 1.29 is 13.9 Å². The first-order valence-electron chi connectivity index (χ1n) is 4.69. The Kier molecular flexibility index (Phi) is 4.03. The van der Waals surface area contributed by atoms with E-state index >= 15 is 0 Å². The maximum atomic E-state index is 12.9. The van der Waals surface area contributed by atoms with Gasteiger partial charge in [-0.2, -0.15) is 0 Å². The molecular formula is C12H13FO2. The number of carbonyl (C=O) groups excluding carboxylic acids is 1. The fourth-order valence-electron chi connectivity index (χ4n) is 1.11. The quantitative estimate of drug-likeness (QED) is 0.564. The molecule has 0 aliphatic carbocycles. The summed E-state index contributed by atoms with van der Waals surface area (Å²) in [6, 6.07) is 4.06. The third kappa shape index (κ3) is 3.20. The second-order valence-corrected chi connectivity index (χ2v) is 3.13. The Morgan fingerprint density at radius 2 is 2.27 bits per heavy atom. The summed E-state index contributed by atoms with van der Waals surface area (Å²) in [5.74, 6) is -0.927. The summed E-state index contributed by atoms with van der Waals surface area (Å²) >= 11 is 0. The molecule has 0 unspecified atom stereocenters. The minimum absolute atomic E-state index is 0.214. The molecular weight excluding hydrogens is 195 g/mol. The zero-order chi connectivity index (χ0) is 11.3. The van der Waals surface area contributed by atoms with Crippen LogP contribution in [0.25, 0.3) is 0 Å². The van der Waals surface area contributed by atoms with E-state index in [1.54, 1.807) is 25.1 Å². The van der Waals surface area contributed by atoms with Crippen LogP contribution in [0.5, 0.6) is 0 Å². The van der Waals surface area contributed by atoms with Crippen molar-refractivity contribution in [1.29, 1.82) is 0 Å². The van der Waals surface area contributed by atoms with Crippen LogP contribution in [0.2, 0.25) is 0 Å². The lowest BCUT2D eigenvalue weighted by atomic mass is 10.1. The fraction of sp³-hybridized carbons (Fsp3) is 0.250. The topological polar surface area (TPSA) is 26.3 Å². The molecule has 0 fully saturated rings. The van der Waals surface area contributed by atoms with Crippen LogP contribution in [-0.4, -0.2) is 12.6 Å². The van der Waals surface area contributed by atoms with E-state index in [4.69, 9.17) is 4.74 Å². The number of aryl methyl sites for hydroxylation is 1. The third-order valence-corrected chi connectivity index (χ3v) is 1.97. The molecule has 0 saturated heterocycles. The molecule has 1 rings (SSSR count). The Labute approximate surface area is 88.4 Å². The highest BCUT2D eigenvalue weighted by Gasteiger charge is 2.10. The number of hydrogen-bond donors (Lipinski definition) is 0. The minimum atomic E-state index is -0.495. The predicted molar refractivity (Wildman–Crippen MR) is 56.2 cm³/mol. The first-order chi connectivity index (χ1) is 7.15. The van der Waals surface area contributed by atoms with E-state index in [0.29, 0.717) is 5.56 Å². The number of benzene rings is 1. The molecule has 0 atom stereocenters. The zero-order valence-electron chi connectivity index (χ0n) is 8.79. The van der Waals surface area contributed by atoms with Crippen LogP contribution in [0.15, 0.2) is 30.4 Å². The van der Waals surface area contributed by atoms with Crippen molar-refractivity contribution in [3.8, 4) is 0 Å². The largest absolute Gasteiger partial charge is 0.458 e. The van der Waals surface area contributed by atoms with Gasteiger partial charge < -0.3 is 4.74 Å². The zero-order valence-corrected chi connectivity index (χ0v) is 8.79. The Balaban J connectivity index is 2.77. The summed E-state index contributed by atoms with van der Waals surface area (Å²) in [5, 5.41) is 0. The van der Waals surface area contributed by atoms with Gasteiger partial charge in [0.2, 0.25) is 0 Å². The molecule has 1 aromatic carbocycles. The fourth-order valence-corrected chi connectivity index (χ4v) is 1.11. The summed E-state index contributed by atoms with van der Waals surface area (Å²) in [5.41, 5.74) is 0.987. The first kappa shape index (κ1) is 11.4. The smallest absolute Gasteiger partial charge is 0.338 e. The standard InChI is InChI=1S/C12H13FO2/c1-3-4-7-15-12(14)11-8-10(13)6-5-9(11)2/h3-6,8H,7H2,1-2H3/b4-3+. The number of allylic oxidation sites excluding steroid dienone is 1. The van der Waals surface area contributed by atoms with Gasteiger partial charge in [0, 0.05) is 0 Å². The van der Waals surface area contributed by atoms with Crippen LogP contribution >= 0.6 is 0 Å². The Morgan fingerprint density at radius 3 is 2.93 bits per heavy atom. The summed E-state index contributed by atoms with van der Waals surface area (Å²) in [7, 11) is 0. The molecule has 0 radical (unpaired) electrons. The highest BCUT2D eigenvalue weighted by atomic mass is 19.1. The molecule has 0 bridgehead atoms. The van der Waals surface area contributed by atoms with Crippen molar-refractivity contribution in [1.82, 2.24) is 0 Å². The van der Waals surface area contributed by atoms with Gasteiger partial charge in [0.1, 0.15) is 12.4 Å². The Bertz CT molecular complexity index is 383. The third-order valence-electron chi connectivity index (χ3n) is 1.97. The van der Waals surface area contributed by atoms with Crippen LogP contribution < -0.4 is 0 Å². The molecule has 2 nitrogen and oxygen atoms in total. The van der Waals surface area contributed by atoms with Crippen LogP contribution in [-0.2, 0) is 4.74 Å². The molecule has 0 heterocycles. The number of hydrogen-bond acceptors (Lipinski definition) is 2. The van der Waals surface area contributed by atoms with E-state index in [9.17, 15) is 9.18 Å². The van der Waals surface area contributed by atoms with Gasteiger partial charge in [-0.05, 0) is 31.5 Å². The molecule has 0 aromatic heterocycles. The lowest BCUT2D eigenvalue weighted by Gasteiger charge is -2.04. The highest BCUT2D eigenvalue weighted by molar-refractivity contribution is 5.91. The summed E-state index contributed by atoms with van der Waals surface area (Å²) < 4.78 is 17.8. The van der Waals surface area contributed by atoms with Gasteiger partial charge in [-0.3, -0.25) is 0 Å². The van der Waals surface area contributed by atoms with Gasteiger partial charge >= 0.3 is 5.97 Å². The molecule has 15 heavy (non-hydrogen) atoms. The molecule has 3 heteroatoms. The van der Waals surface area contributed by atoms with E-state index in [0.717, 1.165) is 0 Å². The Hall–Kier alpha value is -1.64. The summed E-state index contributed by atoms with van der Waals surface area (Å²) in [6.07, 6.45) is 3.50. The average molecular weight is 208 g/mol. The lowest BCUT2D eigenvalue weighted by molar-refractivity contribution is 0.0548. The average Bonchev–Trinajstić information content (AvgIpc) is 2.22. The van der Waals surface area contributed by atoms with E-state index in [1.807, 2.05) is 6.92 Å². The van der Waals surface area contributed by atoms with Gasteiger partial charge in [-0.1, -0.05) is 18.2 Å². The van der Waals surface area contributed by atoms with Gasteiger partial charge in [0.25, 0.3) is 0 Å². The monoisotopic (exact) mass is 208 g/mol. The van der Waals surface area contributed by atoms with E-state index < -0.39 is 11.8 Å². The van der Waals surface area contributed by atoms with Gasteiger partial charge in [0.05, 0.1) is 5.56 Å². The summed E-state index contributed by atoms with van der Waals surface area (Å²) in [4.78, 5) is 11.5.